The van der Waals surface area contributed by atoms with Crippen molar-refractivity contribution in [3.63, 3.8) is 0 Å². The van der Waals surface area contributed by atoms with Gasteiger partial charge in [-0.15, -0.1) is 0 Å². The van der Waals surface area contributed by atoms with Crippen molar-refractivity contribution in [2.75, 3.05) is 10.6 Å². The summed E-state index contributed by atoms with van der Waals surface area (Å²) in [5.41, 5.74) is 2.25. The fraction of sp³-hybridized carbons (Fsp3) is 0.235. The molecule has 0 atom stereocenters. The fourth-order valence-corrected chi connectivity index (χ4v) is 2.13. The molecule has 118 valence electrons. The minimum absolute atomic E-state index is 0.513. The molecule has 1 aromatic carbocycles. The van der Waals surface area contributed by atoms with Gasteiger partial charge < -0.3 is 15.2 Å². The highest BCUT2D eigenvalue weighted by Gasteiger charge is 2.04. The highest BCUT2D eigenvalue weighted by Crippen LogP contribution is 2.20. The summed E-state index contributed by atoms with van der Waals surface area (Å²) in [6, 6.07) is 11.8. The summed E-state index contributed by atoms with van der Waals surface area (Å²) in [5.74, 6) is 3.04. The van der Waals surface area contributed by atoms with E-state index in [9.17, 15) is 0 Å². The van der Waals surface area contributed by atoms with Gasteiger partial charge in [0, 0.05) is 18.0 Å². The molecule has 6 nitrogen and oxygen atoms in total. The summed E-state index contributed by atoms with van der Waals surface area (Å²) < 4.78 is 5.02. The maximum atomic E-state index is 5.02. The monoisotopic (exact) mass is 309 g/mol. The second kappa shape index (κ2) is 6.48. The topological polar surface area (TPSA) is 75.9 Å². The maximum absolute atomic E-state index is 5.02. The van der Waals surface area contributed by atoms with E-state index in [0.717, 1.165) is 11.4 Å². The zero-order valence-electron chi connectivity index (χ0n) is 13.4. The third-order valence-corrected chi connectivity index (χ3v) is 3.37. The molecule has 0 saturated heterocycles. The number of aromatic nitrogens is 3. The average molecular weight is 309 g/mol. The number of rotatable bonds is 5. The predicted molar refractivity (Wildman–Crippen MR) is 90.4 cm³/mol. The van der Waals surface area contributed by atoms with Crippen molar-refractivity contribution in [2.24, 2.45) is 0 Å². The third-order valence-electron chi connectivity index (χ3n) is 3.37. The van der Waals surface area contributed by atoms with Crippen LogP contribution in [-0.2, 0) is 0 Å². The zero-order valence-corrected chi connectivity index (χ0v) is 13.4. The Labute approximate surface area is 135 Å². The Morgan fingerprint density at radius 1 is 1.00 bits per heavy atom. The molecule has 3 rings (SSSR count). The van der Waals surface area contributed by atoms with E-state index in [1.807, 2.05) is 19.1 Å². The normalized spacial score (nSPS) is 10.8. The molecule has 2 heterocycles. The van der Waals surface area contributed by atoms with Crippen LogP contribution in [0.15, 0.2) is 47.1 Å². The Morgan fingerprint density at radius 2 is 1.78 bits per heavy atom. The van der Waals surface area contributed by atoms with Crippen LogP contribution >= 0.6 is 0 Å². The third kappa shape index (κ3) is 3.85. The smallest absolute Gasteiger partial charge is 0.229 e. The molecule has 2 N–H and O–H groups in total. The van der Waals surface area contributed by atoms with Crippen LogP contribution in [0.3, 0.4) is 0 Å². The number of nitrogens with one attached hydrogen (secondary N) is 2. The highest BCUT2D eigenvalue weighted by atomic mass is 16.5. The van der Waals surface area contributed by atoms with Crippen molar-refractivity contribution >= 4 is 23.3 Å². The van der Waals surface area contributed by atoms with Crippen molar-refractivity contribution in [1.82, 2.24) is 15.1 Å². The van der Waals surface area contributed by atoms with Crippen LogP contribution in [0.25, 0.3) is 0 Å². The van der Waals surface area contributed by atoms with Crippen molar-refractivity contribution in [3.05, 3.63) is 53.9 Å². The minimum atomic E-state index is 0.513. The van der Waals surface area contributed by atoms with Crippen LogP contribution in [0, 0.1) is 6.92 Å². The van der Waals surface area contributed by atoms with Crippen LogP contribution in [0.4, 0.5) is 23.3 Å². The van der Waals surface area contributed by atoms with Crippen molar-refractivity contribution in [3.8, 4) is 0 Å². The van der Waals surface area contributed by atoms with Crippen LogP contribution in [0.5, 0.6) is 0 Å². The molecular formula is C17H19N5O. The summed E-state index contributed by atoms with van der Waals surface area (Å²) in [4.78, 5) is 8.65. The molecule has 0 spiro atoms. The van der Waals surface area contributed by atoms with Gasteiger partial charge in [0.05, 0.1) is 0 Å². The van der Waals surface area contributed by atoms with Gasteiger partial charge in [-0.1, -0.05) is 31.1 Å². The van der Waals surface area contributed by atoms with Gasteiger partial charge in [0.15, 0.2) is 5.82 Å². The Hall–Kier alpha value is -2.89. The first-order valence-electron chi connectivity index (χ1n) is 7.50. The number of hydrogen-bond acceptors (Lipinski definition) is 6. The molecule has 0 aliphatic carbocycles. The lowest BCUT2D eigenvalue weighted by molar-refractivity contribution is 0.400. The second-order valence-corrected chi connectivity index (χ2v) is 5.61. The Balaban J connectivity index is 1.72. The lowest BCUT2D eigenvalue weighted by Gasteiger charge is -2.09. The molecule has 2 aromatic heterocycles. The molecule has 0 amide bonds. The van der Waals surface area contributed by atoms with Crippen molar-refractivity contribution < 1.29 is 4.52 Å². The standard InChI is InChI=1S/C17H19N5O/c1-11(2)13-4-6-14(7-5-13)19-17-18-9-8-15(21-17)20-16-10-12(3)23-22-16/h4-11H,1-3H3,(H2,18,19,20,21,22). The Morgan fingerprint density at radius 3 is 2.43 bits per heavy atom. The summed E-state index contributed by atoms with van der Waals surface area (Å²) in [6.07, 6.45) is 1.69. The van der Waals surface area contributed by atoms with Crippen molar-refractivity contribution in [1.29, 1.82) is 0 Å². The largest absolute Gasteiger partial charge is 0.360 e. The first-order chi connectivity index (χ1) is 11.1. The molecule has 23 heavy (non-hydrogen) atoms. The molecule has 0 aliphatic heterocycles. The summed E-state index contributed by atoms with van der Waals surface area (Å²) in [7, 11) is 0. The van der Waals surface area contributed by atoms with E-state index in [1.165, 1.54) is 5.56 Å². The van der Waals surface area contributed by atoms with Gasteiger partial charge in [-0.05, 0) is 36.6 Å². The van der Waals surface area contributed by atoms with Gasteiger partial charge in [-0.25, -0.2) is 4.98 Å². The van der Waals surface area contributed by atoms with E-state index in [0.29, 0.717) is 23.5 Å². The first kappa shape index (κ1) is 15.0. The van der Waals surface area contributed by atoms with Crippen LogP contribution in [0.2, 0.25) is 0 Å². The average Bonchev–Trinajstić information content (AvgIpc) is 2.93. The van der Waals surface area contributed by atoms with Crippen molar-refractivity contribution in [2.45, 2.75) is 26.7 Å². The SMILES string of the molecule is Cc1cc(Nc2ccnc(Nc3ccc(C(C)C)cc3)n2)no1. The van der Waals surface area contributed by atoms with Crippen LogP contribution in [0.1, 0.15) is 31.1 Å². The number of aryl methyl sites for hydroxylation is 1. The van der Waals surface area contributed by atoms with Gasteiger partial charge in [0.2, 0.25) is 5.95 Å². The molecular weight excluding hydrogens is 290 g/mol. The van der Waals surface area contributed by atoms with E-state index in [4.69, 9.17) is 4.52 Å². The first-order valence-corrected chi connectivity index (χ1v) is 7.50. The Kier molecular flexibility index (Phi) is 4.23. The van der Waals surface area contributed by atoms with E-state index in [1.54, 1.807) is 18.3 Å². The summed E-state index contributed by atoms with van der Waals surface area (Å²) in [6.45, 7) is 6.19. The second-order valence-electron chi connectivity index (χ2n) is 5.61. The van der Waals surface area contributed by atoms with E-state index < -0.39 is 0 Å². The predicted octanol–water partition coefficient (Wildman–Crippen LogP) is 4.38. The minimum Gasteiger partial charge on any atom is -0.360 e. The van der Waals surface area contributed by atoms with Gasteiger partial charge in [0.25, 0.3) is 0 Å². The van der Waals surface area contributed by atoms with Gasteiger partial charge >= 0.3 is 0 Å². The van der Waals surface area contributed by atoms with E-state index in [-0.39, 0.29) is 0 Å². The Bertz CT molecular complexity index is 780. The number of anilines is 4. The number of hydrogen-bond donors (Lipinski definition) is 2. The quantitative estimate of drug-likeness (QED) is 0.728. The lowest BCUT2D eigenvalue weighted by atomic mass is 10.0. The molecule has 0 unspecified atom stereocenters. The van der Waals surface area contributed by atoms with Crippen LogP contribution in [-0.4, -0.2) is 15.1 Å². The maximum Gasteiger partial charge on any atom is 0.229 e. The van der Waals surface area contributed by atoms with E-state index >= 15 is 0 Å². The van der Waals surface area contributed by atoms with E-state index in [2.05, 4.69) is 51.7 Å². The molecule has 0 saturated carbocycles. The lowest BCUT2D eigenvalue weighted by Crippen LogP contribution is -2.00. The number of benzene rings is 1. The fourth-order valence-electron chi connectivity index (χ4n) is 2.13. The summed E-state index contributed by atoms with van der Waals surface area (Å²) in [5, 5.41) is 10.2. The molecule has 0 radical (unpaired) electrons. The zero-order chi connectivity index (χ0) is 16.2. The summed E-state index contributed by atoms with van der Waals surface area (Å²) >= 11 is 0. The molecule has 3 aromatic rings. The van der Waals surface area contributed by atoms with Gasteiger partial charge in [0.1, 0.15) is 11.6 Å². The molecule has 0 aliphatic rings. The molecule has 0 fully saturated rings. The van der Waals surface area contributed by atoms with Gasteiger partial charge in [-0.2, -0.15) is 4.98 Å². The number of nitrogens with zero attached hydrogens (tertiary/aromatic N) is 3. The molecule has 6 heteroatoms. The highest BCUT2D eigenvalue weighted by molar-refractivity contribution is 5.57. The molecule has 0 bridgehead atoms. The van der Waals surface area contributed by atoms with Gasteiger partial charge in [-0.3, -0.25) is 0 Å². The van der Waals surface area contributed by atoms with Crippen LogP contribution < -0.4 is 10.6 Å².